The lowest BCUT2D eigenvalue weighted by Gasteiger charge is -1.94. The van der Waals surface area contributed by atoms with Crippen molar-refractivity contribution in [2.75, 3.05) is 0 Å². The Morgan fingerprint density at radius 2 is 2.23 bits per heavy atom. The summed E-state index contributed by atoms with van der Waals surface area (Å²) in [5, 5.41) is 25.2. The first-order chi connectivity index (χ1) is 10.4. The van der Waals surface area contributed by atoms with Gasteiger partial charge in [0.25, 0.3) is 0 Å². The number of carboxylic acids is 1. The first kappa shape index (κ1) is 15.6. The number of hydrogen-bond donors (Lipinski definition) is 1. The Balaban J connectivity index is 2.33. The number of carbonyl (C=O) groups is 1. The van der Waals surface area contributed by atoms with Crippen molar-refractivity contribution in [3.05, 3.63) is 49.0 Å². The van der Waals surface area contributed by atoms with Crippen LogP contribution in [0.1, 0.15) is 28.8 Å². The first-order valence-electron chi connectivity index (χ1n) is 6.18. The van der Waals surface area contributed by atoms with E-state index >= 15 is 0 Å². The highest BCUT2D eigenvalue weighted by Gasteiger charge is 2.22. The van der Waals surface area contributed by atoms with Crippen LogP contribution in [0.4, 0.5) is 5.69 Å². The fraction of sp³-hybridized carbons (Fsp3) is 0.143. The van der Waals surface area contributed by atoms with Crippen molar-refractivity contribution >= 4 is 41.2 Å². The molecule has 0 aliphatic heterocycles. The summed E-state index contributed by atoms with van der Waals surface area (Å²) in [6.45, 7) is 2.99. The molecule has 8 heteroatoms. The SMILES string of the molecule is C/C(=C\c1ccsc1/C=C/c1onc(C)c1[N+](=O)[O-])C(=O)O. The van der Waals surface area contributed by atoms with Crippen LogP contribution in [-0.4, -0.2) is 21.2 Å². The minimum atomic E-state index is -0.998. The Kier molecular flexibility index (Phi) is 4.52. The number of carboxylic acid groups (broad SMARTS) is 1. The normalized spacial score (nSPS) is 12.0. The van der Waals surface area contributed by atoms with E-state index < -0.39 is 10.9 Å². The molecular formula is C14H12N2O5S. The second kappa shape index (κ2) is 6.35. The number of rotatable bonds is 5. The summed E-state index contributed by atoms with van der Waals surface area (Å²) >= 11 is 1.39. The largest absolute Gasteiger partial charge is 0.478 e. The summed E-state index contributed by atoms with van der Waals surface area (Å²) in [5.74, 6) is -0.941. The zero-order chi connectivity index (χ0) is 16.3. The van der Waals surface area contributed by atoms with Gasteiger partial charge in [0.2, 0.25) is 5.76 Å². The standard InChI is InChI=1S/C14H12N2O5S/c1-8(14(17)18)7-10-5-6-22-12(10)4-3-11-13(16(19)20)9(2)15-21-11/h3-7H,1-2H3,(H,17,18)/b4-3+,8-7+. The number of nitro groups is 1. The smallest absolute Gasteiger partial charge is 0.338 e. The second-order valence-corrected chi connectivity index (χ2v) is 5.39. The van der Waals surface area contributed by atoms with E-state index in [2.05, 4.69) is 5.16 Å². The summed E-state index contributed by atoms with van der Waals surface area (Å²) in [6, 6.07) is 1.77. The fourth-order valence-corrected chi connectivity index (χ4v) is 2.52. The van der Waals surface area contributed by atoms with Gasteiger partial charge in [-0.05, 0) is 49.1 Å². The van der Waals surface area contributed by atoms with Gasteiger partial charge in [0, 0.05) is 10.5 Å². The highest BCUT2D eigenvalue weighted by atomic mass is 32.1. The minimum Gasteiger partial charge on any atom is -0.478 e. The van der Waals surface area contributed by atoms with Crippen LogP contribution in [-0.2, 0) is 4.79 Å². The molecule has 0 aliphatic rings. The van der Waals surface area contributed by atoms with Crippen molar-refractivity contribution in [2.24, 2.45) is 0 Å². The van der Waals surface area contributed by atoms with Crippen LogP contribution in [0.5, 0.6) is 0 Å². The zero-order valence-electron chi connectivity index (χ0n) is 11.8. The highest BCUT2D eigenvalue weighted by molar-refractivity contribution is 7.11. The Hall–Kier alpha value is -2.74. The van der Waals surface area contributed by atoms with Gasteiger partial charge < -0.3 is 9.63 Å². The van der Waals surface area contributed by atoms with Crippen LogP contribution in [0.25, 0.3) is 18.2 Å². The van der Waals surface area contributed by atoms with Crippen LogP contribution in [0.2, 0.25) is 0 Å². The molecule has 2 aromatic heterocycles. The van der Waals surface area contributed by atoms with Crippen LogP contribution in [0, 0.1) is 17.0 Å². The lowest BCUT2D eigenvalue weighted by Crippen LogP contribution is -1.95. The minimum absolute atomic E-state index is 0.0563. The van der Waals surface area contributed by atoms with Crippen molar-refractivity contribution in [3.8, 4) is 0 Å². The average molecular weight is 320 g/mol. The molecule has 2 aromatic rings. The van der Waals surface area contributed by atoms with E-state index in [-0.39, 0.29) is 22.7 Å². The molecule has 0 aromatic carbocycles. The Bertz CT molecular complexity index is 785. The molecule has 0 saturated heterocycles. The molecule has 0 atom stereocenters. The summed E-state index contributed by atoms with van der Waals surface area (Å²) in [7, 11) is 0. The van der Waals surface area contributed by atoms with Gasteiger partial charge in [-0.3, -0.25) is 10.1 Å². The van der Waals surface area contributed by atoms with E-state index in [0.29, 0.717) is 0 Å². The van der Waals surface area contributed by atoms with Gasteiger partial charge >= 0.3 is 11.7 Å². The maximum atomic E-state index is 11.0. The van der Waals surface area contributed by atoms with Gasteiger partial charge in [-0.15, -0.1) is 11.3 Å². The van der Waals surface area contributed by atoms with Crippen molar-refractivity contribution in [3.63, 3.8) is 0 Å². The van der Waals surface area contributed by atoms with Crippen LogP contribution >= 0.6 is 11.3 Å². The van der Waals surface area contributed by atoms with E-state index in [0.717, 1.165) is 10.4 Å². The fourth-order valence-electron chi connectivity index (χ4n) is 1.75. The van der Waals surface area contributed by atoms with Crippen molar-refractivity contribution in [2.45, 2.75) is 13.8 Å². The molecule has 0 saturated carbocycles. The third kappa shape index (κ3) is 3.29. The summed E-state index contributed by atoms with van der Waals surface area (Å²) < 4.78 is 4.93. The maximum Gasteiger partial charge on any atom is 0.338 e. The molecule has 0 bridgehead atoms. The highest BCUT2D eigenvalue weighted by Crippen LogP contribution is 2.27. The molecule has 2 heterocycles. The molecule has 0 fully saturated rings. The van der Waals surface area contributed by atoms with Gasteiger partial charge in [0.15, 0.2) is 5.69 Å². The van der Waals surface area contributed by atoms with Gasteiger partial charge in [-0.2, -0.15) is 0 Å². The van der Waals surface area contributed by atoms with Crippen molar-refractivity contribution in [1.82, 2.24) is 5.16 Å². The quantitative estimate of drug-likeness (QED) is 0.512. The van der Waals surface area contributed by atoms with Gasteiger partial charge in [0.1, 0.15) is 0 Å². The third-order valence-corrected chi connectivity index (χ3v) is 3.76. The maximum absolute atomic E-state index is 11.0. The molecule has 0 amide bonds. The lowest BCUT2D eigenvalue weighted by atomic mass is 10.1. The van der Waals surface area contributed by atoms with Gasteiger partial charge in [-0.1, -0.05) is 5.16 Å². The number of hydrogen-bond acceptors (Lipinski definition) is 6. The molecular weight excluding hydrogens is 308 g/mol. The molecule has 22 heavy (non-hydrogen) atoms. The molecule has 0 spiro atoms. The van der Waals surface area contributed by atoms with Crippen molar-refractivity contribution < 1.29 is 19.3 Å². The number of aliphatic carboxylic acids is 1. The number of nitrogens with zero attached hydrogens (tertiary/aromatic N) is 2. The van der Waals surface area contributed by atoms with E-state index in [4.69, 9.17) is 9.63 Å². The number of aromatic nitrogens is 1. The number of aryl methyl sites for hydroxylation is 1. The van der Waals surface area contributed by atoms with Gasteiger partial charge in [0.05, 0.1) is 4.92 Å². The zero-order valence-corrected chi connectivity index (χ0v) is 12.6. The molecule has 0 aliphatic carbocycles. The van der Waals surface area contributed by atoms with E-state index in [9.17, 15) is 14.9 Å². The van der Waals surface area contributed by atoms with Crippen molar-refractivity contribution in [1.29, 1.82) is 0 Å². The average Bonchev–Trinajstić information content (AvgIpc) is 3.02. The first-order valence-corrected chi connectivity index (χ1v) is 7.06. The summed E-state index contributed by atoms with van der Waals surface area (Å²) in [5.41, 5.74) is 0.957. The Morgan fingerprint density at radius 1 is 1.50 bits per heavy atom. The van der Waals surface area contributed by atoms with E-state index in [1.54, 1.807) is 23.6 Å². The molecule has 2 rings (SSSR count). The van der Waals surface area contributed by atoms with Crippen LogP contribution in [0.3, 0.4) is 0 Å². The summed E-state index contributed by atoms with van der Waals surface area (Å²) in [6.07, 6.45) is 4.63. The molecule has 7 nitrogen and oxygen atoms in total. The Morgan fingerprint density at radius 3 is 2.86 bits per heavy atom. The predicted octanol–water partition coefficient (Wildman–Crippen LogP) is 3.61. The van der Waals surface area contributed by atoms with Crippen LogP contribution in [0.15, 0.2) is 21.5 Å². The second-order valence-electron chi connectivity index (χ2n) is 4.44. The molecule has 1 N–H and O–H groups in total. The molecule has 0 unspecified atom stereocenters. The predicted molar refractivity (Wildman–Crippen MR) is 82.4 cm³/mol. The molecule has 0 radical (unpaired) electrons. The van der Waals surface area contributed by atoms with E-state index in [1.807, 2.05) is 0 Å². The summed E-state index contributed by atoms with van der Waals surface area (Å²) in [4.78, 5) is 22.0. The van der Waals surface area contributed by atoms with Gasteiger partial charge in [-0.25, -0.2) is 4.79 Å². The molecule has 114 valence electrons. The van der Waals surface area contributed by atoms with Crippen LogP contribution < -0.4 is 0 Å². The Labute approximate surface area is 129 Å². The lowest BCUT2D eigenvalue weighted by molar-refractivity contribution is -0.386. The monoisotopic (exact) mass is 320 g/mol. The third-order valence-electron chi connectivity index (χ3n) is 2.86. The van der Waals surface area contributed by atoms with E-state index in [1.165, 1.54) is 31.3 Å². The number of thiophene rings is 1. The topological polar surface area (TPSA) is 106 Å².